The average molecular weight is 608 g/mol. The third-order valence-corrected chi connectivity index (χ3v) is 9.59. The lowest BCUT2D eigenvalue weighted by atomic mass is 9.95. The summed E-state index contributed by atoms with van der Waals surface area (Å²) in [5.74, 6) is 0.0739. The largest absolute Gasteiger partial charge is 0.497 e. The molecule has 10 heteroatoms. The van der Waals surface area contributed by atoms with Crippen LogP contribution in [0.15, 0.2) is 83.8 Å². The van der Waals surface area contributed by atoms with Crippen molar-refractivity contribution in [2.24, 2.45) is 0 Å². The number of anilines is 1. The zero-order valence-electron chi connectivity index (χ0n) is 25.1. The summed E-state index contributed by atoms with van der Waals surface area (Å²) in [4.78, 5) is 29.4. The molecule has 0 aliphatic heterocycles. The van der Waals surface area contributed by atoms with Gasteiger partial charge in [0.2, 0.25) is 11.8 Å². The Balaban J connectivity index is 1.72. The van der Waals surface area contributed by atoms with E-state index in [0.29, 0.717) is 17.9 Å². The van der Waals surface area contributed by atoms with Crippen molar-refractivity contribution in [3.05, 3.63) is 84.4 Å². The van der Waals surface area contributed by atoms with Gasteiger partial charge >= 0.3 is 0 Å². The first-order valence-corrected chi connectivity index (χ1v) is 16.2. The van der Waals surface area contributed by atoms with Crippen LogP contribution in [-0.4, -0.2) is 58.0 Å². The molecule has 1 atom stereocenters. The molecule has 2 amide bonds. The van der Waals surface area contributed by atoms with E-state index in [1.54, 1.807) is 36.4 Å². The Morgan fingerprint density at radius 3 is 2.16 bits per heavy atom. The Bertz CT molecular complexity index is 1460. The van der Waals surface area contributed by atoms with Gasteiger partial charge in [-0.2, -0.15) is 0 Å². The summed E-state index contributed by atoms with van der Waals surface area (Å²) >= 11 is 0. The molecule has 3 aromatic rings. The predicted molar refractivity (Wildman–Crippen MR) is 167 cm³/mol. The second-order valence-electron chi connectivity index (χ2n) is 10.6. The summed E-state index contributed by atoms with van der Waals surface area (Å²) in [5.41, 5.74) is 1.05. The van der Waals surface area contributed by atoms with E-state index in [-0.39, 0.29) is 29.1 Å². The van der Waals surface area contributed by atoms with Gasteiger partial charge in [-0.3, -0.25) is 13.9 Å². The van der Waals surface area contributed by atoms with Crippen molar-refractivity contribution >= 4 is 27.5 Å². The molecule has 0 heterocycles. The Morgan fingerprint density at radius 2 is 1.53 bits per heavy atom. The van der Waals surface area contributed by atoms with Crippen molar-refractivity contribution in [2.45, 2.75) is 69.0 Å². The fourth-order valence-electron chi connectivity index (χ4n) is 5.47. The van der Waals surface area contributed by atoms with Crippen LogP contribution in [0.25, 0.3) is 0 Å². The highest BCUT2D eigenvalue weighted by Crippen LogP contribution is 2.33. The second-order valence-corrected chi connectivity index (χ2v) is 12.5. The molecule has 0 saturated heterocycles. The first-order valence-electron chi connectivity index (χ1n) is 14.7. The smallest absolute Gasteiger partial charge is 0.264 e. The minimum atomic E-state index is -4.24. The number of rotatable bonds is 13. The molecule has 230 valence electrons. The van der Waals surface area contributed by atoms with Gasteiger partial charge in [0.15, 0.2) is 0 Å². The fourth-order valence-corrected chi connectivity index (χ4v) is 6.89. The summed E-state index contributed by atoms with van der Waals surface area (Å²) in [5, 5.41) is 3.16. The van der Waals surface area contributed by atoms with Crippen LogP contribution in [-0.2, 0) is 26.2 Å². The minimum Gasteiger partial charge on any atom is -0.497 e. The van der Waals surface area contributed by atoms with Crippen LogP contribution in [0.5, 0.6) is 11.5 Å². The van der Waals surface area contributed by atoms with Gasteiger partial charge < -0.3 is 19.7 Å². The number of sulfonamides is 1. The van der Waals surface area contributed by atoms with Crippen molar-refractivity contribution < 1.29 is 27.5 Å². The average Bonchev–Trinajstić information content (AvgIpc) is 3.04. The summed E-state index contributed by atoms with van der Waals surface area (Å²) in [6.07, 6.45) is 5.48. The molecule has 1 aliphatic rings. The number of hydrogen-bond acceptors (Lipinski definition) is 6. The highest BCUT2D eigenvalue weighted by atomic mass is 32.2. The van der Waals surface area contributed by atoms with Crippen LogP contribution in [0, 0.1) is 0 Å². The Hall–Kier alpha value is -4.05. The van der Waals surface area contributed by atoms with E-state index < -0.39 is 28.5 Å². The molecule has 0 aromatic heterocycles. The number of ether oxygens (including phenoxy) is 2. The molecule has 0 spiro atoms. The summed E-state index contributed by atoms with van der Waals surface area (Å²) < 4.78 is 40.0. The van der Waals surface area contributed by atoms with Crippen molar-refractivity contribution in [3.8, 4) is 11.5 Å². The molecular weight excluding hydrogens is 566 g/mol. The van der Waals surface area contributed by atoms with Gasteiger partial charge in [0.25, 0.3) is 10.0 Å². The van der Waals surface area contributed by atoms with Crippen LogP contribution < -0.4 is 19.1 Å². The first-order chi connectivity index (χ1) is 20.8. The highest BCUT2D eigenvalue weighted by Gasteiger charge is 2.35. The van der Waals surface area contributed by atoms with Gasteiger partial charge in [0.1, 0.15) is 24.1 Å². The molecule has 1 aliphatic carbocycles. The van der Waals surface area contributed by atoms with Crippen molar-refractivity contribution in [1.29, 1.82) is 0 Å². The molecular formula is C33H41N3O6S. The molecule has 3 aromatic carbocycles. The lowest BCUT2D eigenvalue weighted by Crippen LogP contribution is -2.54. The maximum absolute atomic E-state index is 14.3. The minimum absolute atomic E-state index is 0.0105. The highest BCUT2D eigenvalue weighted by molar-refractivity contribution is 7.92. The third kappa shape index (κ3) is 7.87. The van der Waals surface area contributed by atoms with Crippen LogP contribution in [0.3, 0.4) is 0 Å². The molecule has 1 N–H and O–H groups in total. The normalized spacial score (nSPS) is 14.4. The number of carbonyl (C=O) groups excluding carboxylic acids is 2. The van der Waals surface area contributed by atoms with Crippen LogP contribution in [0.1, 0.15) is 51.0 Å². The van der Waals surface area contributed by atoms with Gasteiger partial charge in [-0.25, -0.2) is 8.42 Å². The monoisotopic (exact) mass is 607 g/mol. The van der Waals surface area contributed by atoms with Gasteiger partial charge in [0, 0.05) is 12.6 Å². The van der Waals surface area contributed by atoms with E-state index in [2.05, 4.69) is 5.32 Å². The van der Waals surface area contributed by atoms with E-state index in [4.69, 9.17) is 9.47 Å². The van der Waals surface area contributed by atoms with E-state index >= 15 is 0 Å². The molecule has 0 radical (unpaired) electrons. The summed E-state index contributed by atoms with van der Waals surface area (Å²) in [6.45, 7) is 1.48. The summed E-state index contributed by atoms with van der Waals surface area (Å²) in [7, 11) is -1.29. The Morgan fingerprint density at radius 1 is 0.884 bits per heavy atom. The van der Waals surface area contributed by atoms with Crippen LogP contribution >= 0.6 is 0 Å². The number of amides is 2. The number of nitrogens with one attached hydrogen (secondary N) is 1. The number of benzene rings is 3. The number of methoxy groups -OCH3 is 2. The van der Waals surface area contributed by atoms with E-state index in [1.807, 2.05) is 37.3 Å². The van der Waals surface area contributed by atoms with E-state index in [9.17, 15) is 18.0 Å². The van der Waals surface area contributed by atoms with Gasteiger partial charge in [-0.05, 0) is 61.2 Å². The lowest BCUT2D eigenvalue weighted by molar-refractivity contribution is -0.140. The van der Waals surface area contributed by atoms with Crippen LogP contribution in [0.2, 0.25) is 0 Å². The number of hydrogen-bond donors (Lipinski definition) is 1. The molecule has 9 nitrogen and oxygen atoms in total. The number of nitrogens with zero attached hydrogens (tertiary/aromatic N) is 2. The van der Waals surface area contributed by atoms with Crippen LogP contribution in [0.4, 0.5) is 5.69 Å². The molecule has 0 unspecified atom stereocenters. The molecule has 43 heavy (non-hydrogen) atoms. The van der Waals surface area contributed by atoms with Crippen molar-refractivity contribution in [3.63, 3.8) is 0 Å². The SMILES string of the molecule is CC[C@H](C(=O)NC1CCCCC1)N(Cc1ccccc1)C(=O)CN(c1ccccc1OC)S(=O)(=O)c1ccc(OC)cc1. The van der Waals surface area contributed by atoms with E-state index in [0.717, 1.165) is 42.0 Å². The fraction of sp³-hybridized carbons (Fsp3) is 0.394. The van der Waals surface area contributed by atoms with Crippen molar-refractivity contribution in [1.82, 2.24) is 10.2 Å². The second kappa shape index (κ2) is 14.9. The zero-order valence-corrected chi connectivity index (χ0v) is 25.9. The Kier molecular flexibility index (Phi) is 11.1. The summed E-state index contributed by atoms with van der Waals surface area (Å²) in [6, 6.07) is 21.3. The molecule has 4 rings (SSSR count). The standard InChI is InChI=1S/C33H41N3O6S/c1-4-29(33(38)34-26-15-9-6-10-16-26)35(23-25-13-7-5-8-14-25)32(37)24-36(30-17-11-12-18-31(30)42-3)43(39,40)28-21-19-27(41-2)20-22-28/h5,7-8,11-14,17-22,26,29H,4,6,9-10,15-16,23-24H2,1-3H3,(H,34,38)/t29-/m1/s1. The molecule has 1 saturated carbocycles. The Labute approximate surface area is 254 Å². The molecule has 1 fully saturated rings. The van der Waals surface area contributed by atoms with Gasteiger partial charge in [-0.15, -0.1) is 0 Å². The third-order valence-electron chi connectivity index (χ3n) is 7.81. The zero-order chi connectivity index (χ0) is 30.8. The number of para-hydroxylation sites is 2. The predicted octanol–water partition coefficient (Wildman–Crippen LogP) is 5.16. The van der Waals surface area contributed by atoms with Crippen molar-refractivity contribution in [2.75, 3.05) is 25.1 Å². The topological polar surface area (TPSA) is 105 Å². The maximum Gasteiger partial charge on any atom is 0.264 e. The first kappa shape index (κ1) is 31.9. The molecule has 0 bridgehead atoms. The maximum atomic E-state index is 14.3. The number of carbonyl (C=O) groups is 2. The quantitative estimate of drug-likeness (QED) is 0.288. The van der Waals surface area contributed by atoms with Gasteiger partial charge in [-0.1, -0.05) is 68.7 Å². The van der Waals surface area contributed by atoms with E-state index in [1.165, 1.54) is 31.3 Å². The lowest BCUT2D eigenvalue weighted by Gasteiger charge is -2.34. The van der Waals surface area contributed by atoms with Gasteiger partial charge in [0.05, 0.1) is 24.8 Å².